The molecule has 0 heterocycles. The minimum atomic E-state index is -4.67. The third-order valence-corrected chi connectivity index (χ3v) is 4.59. The monoisotopic (exact) mass is 392 g/mol. The summed E-state index contributed by atoms with van der Waals surface area (Å²) in [6.07, 6.45) is 0. The van der Waals surface area contributed by atoms with E-state index >= 15 is 0 Å². The van der Waals surface area contributed by atoms with Crippen LogP contribution in [0.25, 0.3) is 0 Å². The molecule has 0 aliphatic carbocycles. The molecule has 0 fully saturated rings. The number of rotatable bonds is 6. The molecule has 2 aromatic rings. The van der Waals surface area contributed by atoms with Gasteiger partial charge in [0.05, 0.1) is 0 Å². The second kappa shape index (κ2) is 8.43. The van der Waals surface area contributed by atoms with Gasteiger partial charge in [-0.1, -0.05) is 42.5 Å². The molecule has 2 rings (SSSR count). The van der Waals surface area contributed by atoms with Gasteiger partial charge in [0.2, 0.25) is 5.91 Å². The topological polar surface area (TPSA) is 150 Å². The minimum Gasteiger partial charge on any atom is -0.474 e. The molecule has 9 nitrogen and oxygen atoms in total. The van der Waals surface area contributed by atoms with E-state index in [0.29, 0.717) is 5.56 Å². The highest BCUT2D eigenvalue weighted by Gasteiger charge is 2.32. The van der Waals surface area contributed by atoms with Crippen LogP contribution in [0.4, 0.5) is 5.69 Å². The summed E-state index contributed by atoms with van der Waals surface area (Å²) in [6.45, 7) is -0.0369. The number of anilines is 1. The van der Waals surface area contributed by atoms with Gasteiger partial charge in [-0.2, -0.15) is 8.42 Å². The number of nitrogens with one attached hydrogen (secondary N) is 2. The molecule has 0 saturated heterocycles. The highest BCUT2D eigenvalue weighted by Crippen LogP contribution is 2.21. The summed E-state index contributed by atoms with van der Waals surface area (Å²) < 4.78 is 32.6. The van der Waals surface area contributed by atoms with E-state index in [4.69, 9.17) is 5.11 Å². The van der Waals surface area contributed by atoms with Crippen molar-refractivity contribution in [2.24, 2.45) is 0 Å². The van der Waals surface area contributed by atoms with Crippen LogP contribution >= 0.6 is 0 Å². The Morgan fingerprint density at radius 3 is 2.07 bits per heavy atom. The number of carboxylic acids is 1. The molecule has 1 atom stereocenters. The molecule has 0 aliphatic heterocycles. The van der Waals surface area contributed by atoms with Gasteiger partial charge in [0.15, 0.2) is 5.25 Å². The lowest BCUT2D eigenvalue weighted by molar-refractivity contribution is -0.147. The molecule has 0 bridgehead atoms. The smallest absolute Gasteiger partial charge is 0.394 e. The lowest BCUT2D eigenvalue weighted by Gasteiger charge is -2.14. The molecular formula is C17H16N2O7S. The second-order valence-electron chi connectivity index (χ2n) is 5.48. The molecule has 0 saturated carbocycles. The van der Waals surface area contributed by atoms with Crippen molar-refractivity contribution in [3.05, 3.63) is 65.7 Å². The summed E-state index contributed by atoms with van der Waals surface area (Å²) in [4.78, 5) is 33.8. The van der Waals surface area contributed by atoms with E-state index in [0.717, 1.165) is 0 Å². The van der Waals surface area contributed by atoms with Gasteiger partial charge in [-0.15, -0.1) is 0 Å². The van der Waals surface area contributed by atoms with Crippen molar-refractivity contribution in [3.8, 4) is 0 Å². The number of carbonyl (C=O) groups is 3. The Balaban J connectivity index is 2.05. The average molecular weight is 392 g/mol. The van der Waals surface area contributed by atoms with E-state index in [1.165, 1.54) is 36.4 Å². The third kappa shape index (κ3) is 5.62. The molecule has 10 heteroatoms. The largest absolute Gasteiger partial charge is 0.474 e. The van der Waals surface area contributed by atoms with Crippen LogP contribution in [-0.2, 0) is 31.0 Å². The van der Waals surface area contributed by atoms with E-state index in [2.05, 4.69) is 10.6 Å². The maximum atomic E-state index is 12.3. The molecule has 0 spiro atoms. The van der Waals surface area contributed by atoms with E-state index in [-0.39, 0.29) is 17.8 Å². The molecule has 0 radical (unpaired) electrons. The Hall–Kier alpha value is -3.24. The molecule has 1 unspecified atom stereocenters. The molecule has 0 aliphatic rings. The van der Waals surface area contributed by atoms with Crippen molar-refractivity contribution >= 4 is 33.6 Å². The van der Waals surface area contributed by atoms with Gasteiger partial charge in [-0.25, -0.2) is 4.79 Å². The zero-order valence-corrected chi connectivity index (χ0v) is 14.6. The molecule has 142 valence electrons. The summed E-state index contributed by atoms with van der Waals surface area (Å²) in [7, 11) is -4.67. The summed E-state index contributed by atoms with van der Waals surface area (Å²) >= 11 is 0. The van der Waals surface area contributed by atoms with Gasteiger partial charge in [0.25, 0.3) is 10.1 Å². The van der Waals surface area contributed by atoms with E-state index < -0.39 is 33.2 Å². The first-order valence-electron chi connectivity index (χ1n) is 7.60. The normalized spacial score (nSPS) is 12.0. The highest BCUT2D eigenvalue weighted by atomic mass is 32.2. The number of benzene rings is 2. The Morgan fingerprint density at radius 2 is 1.56 bits per heavy atom. The van der Waals surface area contributed by atoms with Crippen LogP contribution in [0.15, 0.2) is 54.6 Å². The Kier molecular flexibility index (Phi) is 6.27. The first kappa shape index (κ1) is 20.1. The van der Waals surface area contributed by atoms with Gasteiger partial charge in [-0.3, -0.25) is 14.1 Å². The average Bonchev–Trinajstić information content (AvgIpc) is 2.61. The Morgan fingerprint density at radius 1 is 0.963 bits per heavy atom. The van der Waals surface area contributed by atoms with Crippen LogP contribution < -0.4 is 10.6 Å². The summed E-state index contributed by atoms with van der Waals surface area (Å²) in [6, 6.07) is 13.5. The lowest BCUT2D eigenvalue weighted by atomic mass is 10.1. The second-order valence-corrected chi connectivity index (χ2v) is 6.98. The predicted octanol–water partition coefficient (Wildman–Crippen LogP) is 0.955. The van der Waals surface area contributed by atoms with Crippen molar-refractivity contribution < 1.29 is 32.5 Å². The molecule has 0 aromatic heterocycles. The summed E-state index contributed by atoms with van der Waals surface area (Å²) in [5, 5.41) is 11.3. The molecular weight excluding hydrogens is 376 g/mol. The van der Waals surface area contributed by atoms with E-state index in [1.54, 1.807) is 18.2 Å². The van der Waals surface area contributed by atoms with Crippen LogP contribution in [0, 0.1) is 0 Å². The lowest BCUT2D eigenvalue weighted by Crippen LogP contribution is -2.33. The van der Waals surface area contributed by atoms with E-state index in [9.17, 15) is 27.4 Å². The maximum absolute atomic E-state index is 12.3. The van der Waals surface area contributed by atoms with Crippen molar-refractivity contribution in [2.75, 3.05) is 5.32 Å². The molecule has 2 aromatic carbocycles. The van der Waals surface area contributed by atoms with Gasteiger partial charge in [-0.05, 0) is 23.3 Å². The third-order valence-electron chi connectivity index (χ3n) is 3.51. The minimum absolute atomic E-state index is 0.0369. The Bertz CT molecular complexity index is 941. The molecule has 2 amide bonds. The highest BCUT2D eigenvalue weighted by molar-refractivity contribution is 7.86. The van der Waals surface area contributed by atoms with Gasteiger partial charge < -0.3 is 15.7 Å². The van der Waals surface area contributed by atoms with Crippen molar-refractivity contribution in [2.45, 2.75) is 11.8 Å². The van der Waals surface area contributed by atoms with Gasteiger partial charge in [0, 0.05) is 12.2 Å². The predicted molar refractivity (Wildman–Crippen MR) is 95.3 cm³/mol. The quantitative estimate of drug-likeness (QED) is 0.422. The number of hydrogen-bond donors (Lipinski definition) is 4. The van der Waals surface area contributed by atoms with Crippen LogP contribution in [0.1, 0.15) is 16.4 Å². The zero-order chi connectivity index (χ0) is 20.0. The summed E-state index contributed by atoms with van der Waals surface area (Å²) in [5.41, 5.74) is 0.945. The van der Waals surface area contributed by atoms with Gasteiger partial charge in [0.1, 0.15) is 0 Å². The molecule has 27 heavy (non-hydrogen) atoms. The fourth-order valence-corrected chi connectivity index (χ4v) is 3.11. The first-order valence-corrected chi connectivity index (χ1v) is 9.11. The van der Waals surface area contributed by atoms with Crippen LogP contribution in [0.3, 0.4) is 0 Å². The fourth-order valence-electron chi connectivity index (χ4n) is 2.26. The van der Waals surface area contributed by atoms with Crippen LogP contribution in [0.2, 0.25) is 0 Å². The van der Waals surface area contributed by atoms with Crippen LogP contribution in [-0.4, -0.2) is 35.9 Å². The van der Waals surface area contributed by atoms with Crippen molar-refractivity contribution in [1.29, 1.82) is 0 Å². The summed E-state index contributed by atoms with van der Waals surface area (Å²) in [5.74, 6) is -3.70. The SMILES string of the molecule is O=C(O)C(=O)Nc1ccc(CNC(=O)C(c2ccccc2)S(=O)(=O)O)cc1. The standard InChI is InChI=1S/C17H16N2O7S/c20-15(14(27(24,25)26)12-4-2-1-3-5-12)18-10-11-6-8-13(9-7-11)19-16(21)17(22)23/h1-9,14H,10H2,(H,18,20)(H,19,21)(H,22,23)(H,24,25,26). The fraction of sp³-hybridized carbons (Fsp3) is 0.118. The number of carboxylic acid groups (broad SMARTS) is 1. The maximum Gasteiger partial charge on any atom is 0.394 e. The van der Waals surface area contributed by atoms with Crippen molar-refractivity contribution in [1.82, 2.24) is 5.32 Å². The number of aliphatic carboxylic acids is 1. The Labute approximate surface area is 154 Å². The number of hydrogen-bond acceptors (Lipinski definition) is 5. The first-order chi connectivity index (χ1) is 12.7. The molecule has 4 N–H and O–H groups in total. The number of amides is 2. The van der Waals surface area contributed by atoms with E-state index in [1.807, 2.05) is 0 Å². The number of carbonyl (C=O) groups excluding carboxylic acids is 2. The van der Waals surface area contributed by atoms with Crippen LogP contribution in [0.5, 0.6) is 0 Å². The zero-order valence-electron chi connectivity index (χ0n) is 13.8. The van der Waals surface area contributed by atoms with Crippen molar-refractivity contribution in [3.63, 3.8) is 0 Å². The van der Waals surface area contributed by atoms with Gasteiger partial charge >= 0.3 is 11.9 Å².